The van der Waals surface area contributed by atoms with Crippen molar-refractivity contribution in [3.63, 3.8) is 0 Å². The van der Waals surface area contributed by atoms with Crippen molar-refractivity contribution in [3.05, 3.63) is 23.5 Å². The maximum atomic E-state index is 13.2. The number of carbonyl (C=O) groups excluding carboxylic acids is 2. The monoisotopic (exact) mass is 432 g/mol. The number of aromatic nitrogens is 2. The van der Waals surface area contributed by atoms with Gasteiger partial charge in [-0.1, -0.05) is 0 Å². The fourth-order valence-electron chi connectivity index (χ4n) is 3.23. The van der Waals surface area contributed by atoms with Gasteiger partial charge in [0.1, 0.15) is 11.6 Å². The lowest BCUT2D eigenvalue weighted by Gasteiger charge is -2.28. The molecule has 0 unspecified atom stereocenters. The van der Waals surface area contributed by atoms with Crippen LogP contribution in [0.2, 0.25) is 0 Å². The summed E-state index contributed by atoms with van der Waals surface area (Å²) < 4.78 is 67.2. The van der Waals surface area contributed by atoms with Crippen molar-refractivity contribution >= 4 is 27.4 Å². The molecule has 8 nitrogen and oxygen atoms in total. The lowest BCUT2D eigenvalue weighted by molar-refractivity contribution is -0.161. The number of alkyl halides is 3. The lowest BCUT2D eigenvalue weighted by atomic mass is 9.92. The van der Waals surface area contributed by atoms with Crippen molar-refractivity contribution in [1.82, 2.24) is 19.8 Å². The summed E-state index contributed by atoms with van der Waals surface area (Å²) in [5.41, 5.74) is -0.802. The number of nitrogens with one attached hydrogen (secondary N) is 2. The van der Waals surface area contributed by atoms with E-state index < -0.39 is 51.3 Å². The minimum absolute atomic E-state index is 0.0590. The topological polar surface area (TPSA) is 110 Å². The van der Waals surface area contributed by atoms with Crippen LogP contribution in [0.4, 0.5) is 13.2 Å². The highest BCUT2D eigenvalue weighted by Gasteiger charge is 2.47. The van der Waals surface area contributed by atoms with Crippen molar-refractivity contribution in [3.8, 4) is 0 Å². The molecule has 2 aliphatic carbocycles. The smallest absolute Gasteiger partial charge is 0.340 e. The number of nitrogens with zero attached hydrogens (tertiary/aromatic N) is 2. The fourth-order valence-corrected chi connectivity index (χ4v) is 4.51. The second kappa shape index (κ2) is 6.85. The van der Waals surface area contributed by atoms with Gasteiger partial charge in [0.25, 0.3) is 11.8 Å². The van der Waals surface area contributed by atoms with Gasteiger partial charge in [0.05, 0.1) is 10.9 Å². The van der Waals surface area contributed by atoms with E-state index in [0.717, 1.165) is 12.8 Å². The van der Waals surface area contributed by atoms with E-state index in [1.54, 1.807) is 16.2 Å². The standard InChI is InChI=1S/C17H19F3N4O4S/c18-17(19,20)13-7-11(12-5-6-24(22-12)8-9-1-2-9)14(15(25)21-13)16(26)23-29(27,28)10-3-4-10/h5-6,9-10,13H,1-4,7-8H2,(H,21,25)(H,23,26)/t13-/m1/s1. The normalized spacial score (nSPS) is 23.1. The van der Waals surface area contributed by atoms with Crippen molar-refractivity contribution < 1.29 is 31.2 Å². The van der Waals surface area contributed by atoms with E-state index in [-0.39, 0.29) is 11.3 Å². The summed E-state index contributed by atoms with van der Waals surface area (Å²) >= 11 is 0. The molecule has 0 radical (unpaired) electrons. The molecule has 2 saturated carbocycles. The predicted octanol–water partition coefficient (Wildman–Crippen LogP) is 1.11. The molecule has 1 aliphatic heterocycles. The van der Waals surface area contributed by atoms with Crippen molar-refractivity contribution in [2.24, 2.45) is 5.92 Å². The highest BCUT2D eigenvalue weighted by Crippen LogP contribution is 2.35. The van der Waals surface area contributed by atoms with Crippen LogP contribution in [0.3, 0.4) is 0 Å². The molecule has 2 heterocycles. The van der Waals surface area contributed by atoms with E-state index in [9.17, 15) is 31.2 Å². The maximum Gasteiger partial charge on any atom is 0.408 e. The Bertz CT molecular complexity index is 991. The van der Waals surface area contributed by atoms with Crippen molar-refractivity contribution in [2.75, 3.05) is 0 Å². The number of hydrogen-bond donors (Lipinski definition) is 2. The van der Waals surface area contributed by atoms with Crippen LogP contribution < -0.4 is 10.0 Å². The van der Waals surface area contributed by atoms with Crippen LogP contribution in [0, 0.1) is 5.92 Å². The zero-order chi connectivity index (χ0) is 21.0. The van der Waals surface area contributed by atoms with Gasteiger partial charge >= 0.3 is 6.18 Å². The van der Waals surface area contributed by atoms with Crippen LogP contribution in [-0.4, -0.2) is 47.5 Å². The van der Waals surface area contributed by atoms with Gasteiger partial charge < -0.3 is 5.32 Å². The molecule has 29 heavy (non-hydrogen) atoms. The number of amides is 2. The largest absolute Gasteiger partial charge is 0.408 e. The Morgan fingerprint density at radius 3 is 2.55 bits per heavy atom. The molecular weight excluding hydrogens is 413 g/mol. The van der Waals surface area contributed by atoms with E-state index in [0.29, 0.717) is 25.3 Å². The molecule has 158 valence electrons. The molecule has 0 bridgehead atoms. The molecule has 0 spiro atoms. The molecular formula is C17H19F3N4O4S. The summed E-state index contributed by atoms with van der Waals surface area (Å²) in [5, 5.41) is 5.26. The third-order valence-electron chi connectivity index (χ3n) is 5.15. The maximum absolute atomic E-state index is 13.2. The lowest BCUT2D eigenvalue weighted by Crippen LogP contribution is -2.51. The molecule has 2 N–H and O–H groups in total. The summed E-state index contributed by atoms with van der Waals surface area (Å²) in [6, 6.07) is -0.748. The molecule has 0 aromatic carbocycles. The number of halogens is 3. The Kier molecular flexibility index (Phi) is 4.71. The minimum Gasteiger partial charge on any atom is -0.340 e. The highest BCUT2D eigenvalue weighted by molar-refractivity contribution is 7.91. The minimum atomic E-state index is -4.72. The van der Waals surface area contributed by atoms with Gasteiger partial charge in [-0.15, -0.1) is 0 Å². The first-order chi connectivity index (χ1) is 13.5. The number of hydrogen-bond acceptors (Lipinski definition) is 5. The third-order valence-corrected chi connectivity index (χ3v) is 6.97. The first-order valence-corrected chi connectivity index (χ1v) is 10.8. The van der Waals surface area contributed by atoms with E-state index in [1.165, 1.54) is 6.07 Å². The Morgan fingerprint density at radius 1 is 1.28 bits per heavy atom. The Labute approximate surface area is 164 Å². The van der Waals surface area contributed by atoms with Crippen LogP contribution in [0.1, 0.15) is 37.8 Å². The molecule has 0 saturated heterocycles. The van der Waals surface area contributed by atoms with E-state index in [4.69, 9.17) is 0 Å². The van der Waals surface area contributed by atoms with Gasteiger partial charge in [-0.2, -0.15) is 18.3 Å². The second-order valence-corrected chi connectivity index (χ2v) is 9.63. The zero-order valence-electron chi connectivity index (χ0n) is 15.2. The molecule has 1 aromatic rings. The van der Waals surface area contributed by atoms with Crippen LogP contribution in [0.15, 0.2) is 17.8 Å². The van der Waals surface area contributed by atoms with E-state index >= 15 is 0 Å². The molecule has 3 aliphatic rings. The molecule has 2 fully saturated rings. The average molecular weight is 432 g/mol. The summed E-state index contributed by atoms with van der Waals surface area (Å²) in [6.07, 6.45) is -0.981. The van der Waals surface area contributed by atoms with Gasteiger partial charge in [0.2, 0.25) is 10.0 Å². The van der Waals surface area contributed by atoms with Gasteiger partial charge in [-0.05, 0) is 37.7 Å². The molecule has 1 atom stereocenters. The van der Waals surface area contributed by atoms with Crippen LogP contribution in [0.5, 0.6) is 0 Å². The number of rotatable bonds is 6. The first kappa shape index (κ1) is 19.9. The third kappa shape index (κ3) is 4.31. The van der Waals surface area contributed by atoms with Crippen LogP contribution in [0.25, 0.3) is 5.57 Å². The Morgan fingerprint density at radius 2 is 1.97 bits per heavy atom. The SMILES string of the molecule is O=C1N[C@@H](C(F)(F)F)CC(c2ccn(CC3CC3)n2)=C1C(=O)NS(=O)(=O)C1CC1. The second-order valence-electron chi connectivity index (χ2n) is 7.67. The first-order valence-electron chi connectivity index (χ1n) is 9.25. The van der Waals surface area contributed by atoms with Gasteiger partial charge in [0, 0.05) is 24.7 Å². The van der Waals surface area contributed by atoms with Gasteiger partial charge in [-0.3, -0.25) is 14.3 Å². The number of sulfonamides is 1. The predicted molar refractivity (Wildman–Crippen MR) is 94.6 cm³/mol. The average Bonchev–Trinajstić information content (AvgIpc) is 3.51. The Hall–Kier alpha value is -2.37. The summed E-state index contributed by atoms with van der Waals surface area (Å²) in [7, 11) is -3.97. The molecule has 2 amide bonds. The molecule has 1 aromatic heterocycles. The Balaban J connectivity index is 1.69. The zero-order valence-corrected chi connectivity index (χ0v) is 16.0. The quantitative estimate of drug-likeness (QED) is 0.655. The van der Waals surface area contributed by atoms with Gasteiger partial charge in [0.15, 0.2) is 0 Å². The summed E-state index contributed by atoms with van der Waals surface area (Å²) in [4.78, 5) is 24.9. The molecule has 4 rings (SSSR count). The van der Waals surface area contributed by atoms with Crippen molar-refractivity contribution in [2.45, 2.75) is 56.1 Å². The summed E-state index contributed by atoms with van der Waals surface area (Å²) in [6.45, 7) is 0.597. The molecule has 12 heteroatoms. The number of carbonyl (C=O) groups is 2. The van der Waals surface area contributed by atoms with E-state index in [2.05, 4.69) is 5.10 Å². The van der Waals surface area contributed by atoms with Crippen LogP contribution in [-0.2, 0) is 26.2 Å². The summed E-state index contributed by atoms with van der Waals surface area (Å²) in [5.74, 6) is -2.05. The van der Waals surface area contributed by atoms with E-state index in [1.807, 2.05) is 4.72 Å². The fraction of sp³-hybridized carbons (Fsp3) is 0.588. The van der Waals surface area contributed by atoms with Gasteiger partial charge in [-0.25, -0.2) is 13.1 Å². The van der Waals surface area contributed by atoms with Crippen molar-refractivity contribution in [1.29, 1.82) is 0 Å². The van der Waals surface area contributed by atoms with Crippen LogP contribution >= 0.6 is 0 Å². The highest BCUT2D eigenvalue weighted by atomic mass is 32.2.